The summed E-state index contributed by atoms with van der Waals surface area (Å²) < 4.78 is 4.40. The molecule has 0 aliphatic carbocycles. The highest BCUT2D eigenvalue weighted by molar-refractivity contribution is 5.97. The Morgan fingerprint density at radius 2 is 2.24 bits per heavy atom. The lowest BCUT2D eigenvalue weighted by molar-refractivity contribution is -0.385. The second-order valence-corrected chi connectivity index (χ2v) is 2.90. The van der Waals surface area contributed by atoms with E-state index in [-0.39, 0.29) is 17.4 Å². The molecule has 0 aliphatic rings. The number of nitrogens with zero attached hydrogens (tertiary/aromatic N) is 2. The monoisotopic (exact) mass is 234 g/mol. The van der Waals surface area contributed by atoms with Gasteiger partial charge < -0.3 is 4.74 Å². The van der Waals surface area contributed by atoms with Crippen LogP contribution in [0.1, 0.15) is 26.3 Å². The highest BCUT2D eigenvalue weighted by Gasteiger charge is 2.23. The number of hydrogen-bond donors (Lipinski definition) is 0. The summed E-state index contributed by atoms with van der Waals surface area (Å²) in [4.78, 5) is 31.9. The maximum Gasteiger partial charge on any atom is 0.339 e. The van der Waals surface area contributed by atoms with Crippen LogP contribution in [-0.2, 0) is 4.74 Å². The molecule has 0 aromatic heterocycles. The number of nitro groups is 1. The van der Waals surface area contributed by atoms with Crippen LogP contribution in [0, 0.1) is 21.4 Å². The summed E-state index contributed by atoms with van der Waals surface area (Å²) in [6.07, 6.45) is 0.170. The molecule has 1 rings (SSSR count). The molecule has 1 aromatic rings. The largest absolute Gasteiger partial charge is 0.465 e. The van der Waals surface area contributed by atoms with Crippen LogP contribution in [0.15, 0.2) is 12.1 Å². The minimum atomic E-state index is -0.834. The van der Waals surface area contributed by atoms with E-state index in [1.54, 1.807) is 6.07 Å². The van der Waals surface area contributed by atoms with Gasteiger partial charge in [-0.1, -0.05) is 0 Å². The predicted molar refractivity (Wildman–Crippen MR) is 54.5 cm³/mol. The molecule has 0 aliphatic heterocycles. The summed E-state index contributed by atoms with van der Waals surface area (Å²) in [7, 11) is 1.10. The van der Waals surface area contributed by atoms with Gasteiger partial charge in [0, 0.05) is 6.07 Å². The Balaban J connectivity index is 3.61. The number of methoxy groups -OCH3 is 1. The Morgan fingerprint density at radius 1 is 1.59 bits per heavy atom. The molecule has 0 radical (unpaired) electrons. The average molecular weight is 234 g/mol. The van der Waals surface area contributed by atoms with Gasteiger partial charge in [0.25, 0.3) is 5.69 Å². The molecule has 0 bridgehead atoms. The summed E-state index contributed by atoms with van der Waals surface area (Å²) in [5.74, 6) is -0.834. The van der Waals surface area contributed by atoms with E-state index in [0.29, 0.717) is 0 Å². The Bertz CT molecular complexity index is 544. The quantitative estimate of drug-likeness (QED) is 0.334. The Morgan fingerprint density at radius 3 is 2.65 bits per heavy atom. The summed E-state index contributed by atoms with van der Waals surface area (Å²) in [5, 5.41) is 19.5. The van der Waals surface area contributed by atoms with Gasteiger partial charge in [-0.05, 0) is 6.07 Å². The zero-order valence-corrected chi connectivity index (χ0v) is 8.67. The van der Waals surface area contributed by atoms with E-state index >= 15 is 0 Å². The summed E-state index contributed by atoms with van der Waals surface area (Å²) in [6, 6.07) is 3.65. The highest BCUT2D eigenvalue weighted by atomic mass is 16.6. The number of hydrogen-bond acceptors (Lipinski definition) is 6. The molecule has 0 N–H and O–H groups in total. The van der Waals surface area contributed by atoms with Crippen molar-refractivity contribution in [2.24, 2.45) is 0 Å². The molecular formula is C10H6N2O5. The van der Waals surface area contributed by atoms with Crippen LogP contribution in [0.4, 0.5) is 5.69 Å². The number of benzene rings is 1. The van der Waals surface area contributed by atoms with Crippen molar-refractivity contribution >= 4 is 17.9 Å². The normalized spacial score (nSPS) is 9.18. The summed E-state index contributed by atoms with van der Waals surface area (Å²) >= 11 is 0. The lowest BCUT2D eigenvalue weighted by Crippen LogP contribution is -2.08. The fourth-order valence-corrected chi connectivity index (χ4v) is 1.29. The fourth-order valence-electron chi connectivity index (χ4n) is 1.29. The first-order chi connectivity index (χ1) is 8.06. The maximum absolute atomic E-state index is 11.3. The van der Waals surface area contributed by atoms with E-state index in [4.69, 9.17) is 5.26 Å². The number of carbonyl (C=O) groups is 2. The van der Waals surface area contributed by atoms with E-state index in [0.717, 1.165) is 19.2 Å². The number of carbonyl (C=O) groups excluding carboxylic acids is 2. The SMILES string of the molecule is COC(=O)c1ccc([N+](=O)[O-])c(C=O)c1C#N. The molecule has 7 heteroatoms. The van der Waals surface area contributed by atoms with E-state index in [1.165, 1.54) is 0 Å². The third-order valence-corrected chi connectivity index (χ3v) is 2.05. The summed E-state index contributed by atoms with van der Waals surface area (Å²) in [5.41, 5.74) is -1.49. The van der Waals surface area contributed by atoms with Crippen LogP contribution in [-0.4, -0.2) is 24.3 Å². The molecule has 1 aromatic carbocycles. The van der Waals surface area contributed by atoms with Gasteiger partial charge in [-0.15, -0.1) is 0 Å². The molecule has 0 fully saturated rings. The zero-order valence-electron chi connectivity index (χ0n) is 8.67. The van der Waals surface area contributed by atoms with Crippen LogP contribution >= 0.6 is 0 Å². The van der Waals surface area contributed by atoms with Gasteiger partial charge >= 0.3 is 5.97 Å². The van der Waals surface area contributed by atoms with Crippen molar-refractivity contribution in [1.29, 1.82) is 5.26 Å². The van der Waals surface area contributed by atoms with Crippen LogP contribution in [0.2, 0.25) is 0 Å². The zero-order chi connectivity index (χ0) is 13.0. The van der Waals surface area contributed by atoms with E-state index in [9.17, 15) is 19.7 Å². The van der Waals surface area contributed by atoms with Gasteiger partial charge in [-0.3, -0.25) is 14.9 Å². The van der Waals surface area contributed by atoms with Gasteiger partial charge in [-0.2, -0.15) is 5.26 Å². The van der Waals surface area contributed by atoms with Crippen LogP contribution in [0.3, 0.4) is 0 Å². The van der Waals surface area contributed by atoms with Crippen molar-refractivity contribution in [3.8, 4) is 6.07 Å². The third kappa shape index (κ3) is 2.10. The maximum atomic E-state index is 11.3. The smallest absolute Gasteiger partial charge is 0.339 e. The molecule has 17 heavy (non-hydrogen) atoms. The van der Waals surface area contributed by atoms with E-state index in [2.05, 4.69) is 4.74 Å². The lowest BCUT2D eigenvalue weighted by atomic mass is 10.0. The molecule has 86 valence electrons. The number of nitriles is 1. The Kier molecular flexibility index (Phi) is 3.51. The third-order valence-electron chi connectivity index (χ3n) is 2.05. The molecule has 0 amide bonds. The van der Waals surface area contributed by atoms with Crippen molar-refractivity contribution in [2.45, 2.75) is 0 Å². The lowest BCUT2D eigenvalue weighted by Gasteiger charge is -2.04. The van der Waals surface area contributed by atoms with Crippen molar-refractivity contribution in [3.63, 3.8) is 0 Å². The fraction of sp³-hybridized carbons (Fsp3) is 0.100. The average Bonchev–Trinajstić information content (AvgIpc) is 2.35. The molecule has 0 atom stereocenters. The van der Waals surface area contributed by atoms with Gasteiger partial charge in [0.2, 0.25) is 0 Å². The van der Waals surface area contributed by atoms with E-state index in [1.807, 2.05) is 0 Å². The minimum Gasteiger partial charge on any atom is -0.465 e. The minimum absolute atomic E-state index is 0.170. The number of esters is 1. The van der Waals surface area contributed by atoms with Crippen molar-refractivity contribution in [1.82, 2.24) is 0 Å². The first-order valence-corrected chi connectivity index (χ1v) is 4.31. The number of ether oxygens (including phenoxy) is 1. The Hall–Kier alpha value is -2.75. The predicted octanol–water partition coefficient (Wildman–Crippen LogP) is 1.07. The first-order valence-electron chi connectivity index (χ1n) is 4.31. The molecular weight excluding hydrogens is 228 g/mol. The summed E-state index contributed by atoms with van der Waals surface area (Å²) in [6.45, 7) is 0. The van der Waals surface area contributed by atoms with Crippen LogP contribution < -0.4 is 0 Å². The van der Waals surface area contributed by atoms with Gasteiger partial charge in [0.05, 0.1) is 23.2 Å². The molecule has 0 unspecified atom stereocenters. The van der Waals surface area contributed by atoms with Gasteiger partial charge in [0.15, 0.2) is 6.29 Å². The number of rotatable bonds is 3. The number of nitro benzene ring substituents is 1. The molecule has 0 saturated heterocycles. The second-order valence-electron chi connectivity index (χ2n) is 2.90. The molecule has 0 heterocycles. The molecule has 0 saturated carbocycles. The van der Waals surface area contributed by atoms with Gasteiger partial charge in [-0.25, -0.2) is 4.79 Å². The highest BCUT2D eigenvalue weighted by Crippen LogP contribution is 2.23. The molecule has 7 nitrogen and oxygen atoms in total. The van der Waals surface area contributed by atoms with Crippen molar-refractivity contribution < 1.29 is 19.2 Å². The molecule has 0 spiro atoms. The topological polar surface area (TPSA) is 110 Å². The first kappa shape index (κ1) is 12.3. The van der Waals surface area contributed by atoms with Crippen LogP contribution in [0.25, 0.3) is 0 Å². The van der Waals surface area contributed by atoms with Gasteiger partial charge in [0.1, 0.15) is 11.6 Å². The van der Waals surface area contributed by atoms with Crippen LogP contribution in [0.5, 0.6) is 0 Å². The van der Waals surface area contributed by atoms with Crippen molar-refractivity contribution in [3.05, 3.63) is 38.9 Å². The number of aldehydes is 1. The van der Waals surface area contributed by atoms with E-state index < -0.39 is 22.1 Å². The Labute approximate surface area is 95.4 Å². The van der Waals surface area contributed by atoms with Crippen molar-refractivity contribution in [2.75, 3.05) is 7.11 Å². The standard InChI is InChI=1S/C10H6N2O5/c1-17-10(14)6-2-3-9(12(15)16)8(5-13)7(6)4-11/h2-3,5H,1H3. The second kappa shape index (κ2) is 4.85.